The molecule has 1 aromatic carbocycles. The minimum absolute atomic E-state index is 0.115. The van der Waals surface area contributed by atoms with E-state index in [9.17, 15) is 9.59 Å². The van der Waals surface area contributed by atoms with E-state index in [2.05, 4.69) is 0 Å². The summed E-state index contributed by atoms with van der Waals surface area (Å²) in [6.45, 7) is 1.22. The number of hydrogen-bond acceptors (Lipinski definition) is 7. The molecule has 27 heavy (non-hydrogen) atoms. The molecule has 1 aromatic rings. The highest BCUT2D eigenvalue weighted by atomic mass is 35.5. The Morgan fingerprint density at radius 3 is 2.41 bits per heavy atom. The molecule has 3 rings (SSSR count). The largest absolute Gasteiger partial charge is 0.492 e. The first-order valence-electron chi connectivity index (χ1n) is 8.37. The Kier molecular flexibility index (Phi) is 5.39. The van der Waals surface area contributed by atoms with Crippen molar-refractivity contribution in [3.05, 3.63) is 16.7 Å². The Morgan fingerprint density at radius 2 is 1.81 bits per heavy atom. The van der Waals surface area contributed by atoms with Crippen LogP contribution in [0.3, 0.4) is 0 Å². The van der Waals surface area contributed by atoms with E-state index in [1.807, 2.05) is 0 Å². The van der Waals surface area contributed by atoms with Crippen molar-refractivity contribution in [3.8, 4) is 17.2 Å². The number of amides is 1. The molecule has 8 nitrogen and oxygen atoms in total. The van der Waals surface area contributed by atoms with Crippen LogP contribution in [0.25, 0.3) is 0 Å². The number of carbonyl (C=O) groups excluding carboxylic acids is 2. The van der Waals surface area contributed by atoms with Gasteiger partial charge in [0.25, 0.3) is 5.91 Å². The molecule has 2 saturated heterocycles. The van der Waals surface area contributed by atoms with E-state index >= 15 is 0 Å². The Morgan fingerprint density at radius 1 is 1.15 bits per heavy atom. The minimum Gasteiger partial charge on any atom is -0.492 e. The zero-order valence-electron chi connectivity index (χ0n) is 15.7. The van der Waals surface area contributed by atoms with Crippen molar-refractivity contribution in [2.75, 3.05) is 54.7 Å². The summed E-state index contributed by atoms with van der Waals surface area (Å²) in [7, 11) is 5.67. The average molecular weight is 400 g/mol. The first kappa shape index (κ1) is 19.6. The molecule has 0 bridgehead atoms. The maximum Gasteiger partial charge on any atom is 0.316 e. The second kappa shape index (κ2) is 7.44. The summed E-state index contributed by atoms with van der Waals surface area (Å²) >= 11 is 6.26. The summed E-state index contributed by atoms with van der Waals surface area (Å²) in [6.07, 6.45) is 0. The lowest BCUT2D eigenvalue weighted by Gasteiger charge is -2.24. The highest BCUT2D eigenvalue weighted by molar-refractivity contribution is 6.33. The van der Waals surface area contributed by atoms with Crippen LogP contribution >= 0.6 is 11.6 Å². The number of methoxy groups -OCH3 is 4. The van der Waals surface area contributed by atoms with Crippen molar-refractivity contribution in [2.45, 2.75) is 0 Å². The fourth-order valence-corrected chi connectivity index (χ4v) is 4.15. The van der Waals surface area contributed by atoms with Gasteiger partial charge in [0.2, 0.25) is 5.75 Å². The number of ether oxygens (including phenoxy) is 5. The molecule has 2 fully saturated rings. The fourth-order valence-electron chi connectivity index (χ4n) is 3.88. The van der Waals surface area contributed by atoms with Gasteiger partial charge >= 0.3 is 5.97 Å². The summed E-state index contributed by atoms with van der Waals surface area (Å²) in [5.74, 6) is -0.0452. The summed E-state index contributed by atoms with van der Waals surface area (Å²) < 4.78 is 26.4. The number of fused-ring (bicyclic) bond motifs is 1. The third-order valence-corrected chi connectivity index (χ3v) is 5.52. The highest BCUT2D eigenvalue weighted by Gasteiger charge is 2.58. The van der Waals surface area contributed by atoms with E-state index in [-0.39, 0.29) is 58.8 Å². The molecule has 9 heteroatoms. The van der Waals surface area contributed by atoms with Gasteiger partial charge in [-0.3, -0.25) is 9.59 Å². The van der Waals surface area contributed by atoms with Crippen LogP contribution in [0.2, 0.25) is 5.02 Å². The van der Waals surface area contributed by atoms with E-state index in [0.717, 1.165) is 0 Å². The molecule has 0 unspecified atom stereocenters. The third-order valence-electron chi connectivity index (χ3n) is 5.24. The molecular formula is C18H22ClNO7. The molecule has 148 valence electrons. The first-order valence-corrected chi connectivity index (χ1v) is 8.75. The maximum atomic E-state index is 13.2. The predicted octanol–water partition coefficient (Wildman–Crippen LogP) is 1.63. The number of likely N-dealkylation sites (tertiary alicyclic amines) is 1. The second-order valence-corrected chi connectivity index (χ2v) is 6.96. The molecular weight excluding hydrogens is 378 g/mol. The summed E-state index contributed by atoms with van der Waals surface area (Å²) in [6, 6.07) is 1.49. The number of benzene rings is 1. The van der Waals surface area contributed by atoms with Crippen LogP contribution < -0.4 is 14.2 Å². The number of rotatable bonds is 5. The molecule has 2 aliphatic heterocycles. The van der Waals surface area contributed by atoms with Crippen LogP contribution in [-0.4, -0.2) is 71.5 Å². The van der Waals surface area contributed by atoms with Crippen LogP contribution in [0.5, 0.6) is 17.2 Å². The lowest BCUT2D eigenvalue weighted by molar-refractivity contribution is -0.153. The van der Waals surface area contributed by atoms with Crippen molar-refractivity contribution in [1.29, 1.82) is 0 Å². The zero-order chi connectivity index (χ0) is 19.8. The minimum atomic E-state index is -0.835. The zero-order valence-corrected chi connectivity index (χ0v) is 16.4. The van der Waals surface area contributed by atoms with Gasteiger partial charge in [0.05, 0.1) is 52.2 Å². The van der Waals surface area contributed by atoms with Crippen LogP contribution in [-0.2, 0) is 14.3 Å². The van der Waals surface area contributed by atoms with Gasteiger partial charge in [-0.15, -0.1) is 0 Å². The van der Waals surface area contributed by atoms with Crippen molar-refractivity contribution < 1.29 is 33.3 Å². The Labute approximate surface area is 162 Å². The molecule has 2 aliphatic rings. The van der Waals surface area contributed by atoms with E-state index < -0.39 is 5.41 Å². The van der Waals surface area contributed by atoms with Gasteiger partial charge in [-0.1, -0.05) is 11.6 Å². The molecule has 0 aliphatic carbocycles. The SMILES string of the molecule is COC(=O)[C@@]12COC[C@@H]1CN(C(=O)c1cc(Cl)c(OC)c(OC)c1OC)C2. The molecule has 2 heterocycles. The quantitative estimate of drug-likeness (QED) is 0.696. The van der Waals surface area contributed by atoms with Crippen LogP contribution in [0, 0.1) is 11.3 Å². The normalized spacial score (nSPS) is 23.7. The fraction of sp³-hybridized carbons (Fsp3) is 0.556. The number of halogens is 1. The number of nitrogens with zero attached hydrogens (tertiary/aromatic N) is 1. The molecule has 0 N–H and O–H groups in total. The van der Waals surface area contributed by atoms with Gasteiger partial charge in [-0.2, -0.15) is 0 Å². The Balaban J connectivity index is 1.98. The Hall–Kier alpha value is -2.19. The highest BCUT2D eigenvalue weighted by Crippen LogP contribution is 2.47. The van der Waals surface area contributed by atoms with Crippen LogP contribution in [0.1, 0.15) is 10.4 Å². The second-order valence-electron chi connectivity index (χ2n) is 6.55. The van der Waals surface area contributed by atoms with Crippen molar-refractivity contribution in [2.24, 2.45) is 11.3 Å². The number of hydrogen-bond donors (Lipinski definition) is 0. The molecule has 2 atom stereocenters. The van der Waals surface area contributed by atoms with E-state index in [1.54, 1.807) is 4.90 Å². The third kappa shape index (κ3) is 2.96. The average Bonchev–Trinajstić information content (AvgIpc) is 3.24. The topological polar surface area (TPSA) is 83.5 Å². The number of carbonyl (C=O) groups is 2. The van der Waals surface area contributed by atoms with E-state index in [0.29, 0.717) is 13.2 Å². The van der Waals surface area contributed by atoms with E-state index in [1.165, 1.54) is 34.5 Å². The molecule has 1 amide bonds. The molecule has 0 aromatic heterocycles. The lowest BCUT2D eigenvalue weighted by atomic mass is 9.81. The van der Waals surface area contributed by atoms with Gasteiger partial charge in [0, 0.05) is 19.0 Å². The first-order chi connectivity index (χ1) is 12.9. The molecule has 0 spiro atoms. The molecule has 0 saturated carbocycles. The van der Waals surface area contributed by atoms with Crippen molar-refractivity contribution in [1.82, 2.24) is 4.90 Å². The standard InChI is InChI=1S/C18H22ClNO7/c1-23-13-11(5-12(19)14(24-2)15(13)25-3)16(21)20-6-10-7-27-9-18(10,8-20)17(22)26-4/h5,10H,6-9H2,1-4H3/t10-,18-/m0/s1. The van der Waals surface area contributed by atoms with Crippen molar-refractivity contribution >= 4 is 23.5 Å². The van der Waals surface area contributed by atoms with Crippen LogP contribution in [0.4, 0.5) is 0 Å². The summed E-state index contributed by atoms with van der Waals surface area (Å²) in [5.41, 5.74) is -0.598. The predicted molar refractivity (Wildman–Crippen MR) is 95.8 cm³/mol. The lowest BCUT2D eigenvalue weighted by Crippen LogP contribution is -2.41. The number of esters is 1. The van der Waals surface area contributed by atoms with Gasteiger partial charge in [0.1, 0.15) is 5.41 Å². The monoisotopic (exact) mass is 399 g/mol. The summed E-state index contributed by atoms with van der Waals surface area (Å²) in [5, 5.41) is 0.226. The maximum absolute atomic E-state index is 13.2. The summed E-state index contributed by atoms with van der Waals surface area (Å²) in [4.78, 5) is 27.2. The smallest absolute Gasteiger partial charge is 0.316 e. The van der Waals surface area contributed by atoms with Crippen LogP contribution in [0.15, 0.2) is 6.07 Å². The van der Waals surface area contributed by atoms with Gasteiger partial charge in [0.15, 0.2) is 11.5 Å². The molecule has 0 radical (unpaired) electrons. The van der Waals surface area contributed by atoms with Gasteiger partial charge < -0.3 is 28.6 Å². The van der Waals surface area contributed by atoms with Gasteiger partial charge in [-0.05, 0) is 6.07 Å². The van der Waals surface area contributed by atoms with Crippen molar-refractivity contribution in [3.63, 3.8) is 0 Å². The van der Waals surface area contributed by atoms with Gasteiger partial charge in [-0.25, -0.2) is 0 Å². The Bertz CT molecular complexity index is 769. The van der Waals surface area contributed by atoms with E-state index in [4.69, 9.17) is 35.3 Å².